The Morgan fingerprint density at radius 2 is 1.93 bits per heavy atom. The normalized spacial score (nSPS) is 25.5. The van der Waals surface area contributed by atoms with Crippen molar-refractivity contribution in [1.29, 1.82) is 0 Å². The fourth-order valence-electron chi connectivity index (χ4n) is 1.74. The van der Waals surface area contributed by atoms with E-state index in [1.807, 2.05) is 13.8 Å². The Kier molecular flexibility index (Phi) is 4.85. The molecule has 0 aromatic rings. The molecule has 0 saturated carbocycles. The van der Waals surface area contributed by atoms with Gasteiger partial charge in [0.15, 0.2) is 5.79 Å². The molecule has 0 radical (unpaired) electrons. The van der Waals surface area contributed by atoms with Crippen LogP contribution in [0.1, 0.15) is 46.0 Å². The van der Waals surface area contributed by atoms with Crippen LogP contribution in [0.4, 0.5) is 0 Å². The fourth-order valence-corrected chi connectivity index (χ4v) is 1.74. The molecule has 14 heavy (non-hydrogen) atoms. The van der Waals surface area contributed by atoms with Gasteiger partial charge in [0.2, 0.25) is 0 Å². The van der Waals surface area contributed by atoms with Crippen molar-refractivity contribution in [2.75, 3.05) is 13.2 Å². The zero-order valence-corrected chi connectivity index (χ0v) is 9.29. The molecule has 1 heterocycles. The van der Waals surface area contributed by atoms with Gasteiger partial charge in [-0.15, -0.1) is 0 Å². The van der Waals surface area contributed by atoms with Crippen molar-refractivity contribution in [3.05, 3.63) is 0 Å². The van der Waals surface area contributed by atoms with Gasteiger partial charge in [-0.25, -0.2) is 0 Å². The van der Waals surface area contributed by atoms with Gasteiger partial charge in [-0.3, -0.25) is 0 Å². The molecule has 1 N–H and O–H groups in total. The third kappa shape index (κ3) is 4.40. The minimum absolute atomic E-state index is 0.277. The fraction of sp³-hybridized carbons (Fsp3) is 1.00. The summed E-state index contributed by atoms with van der Waals surface area (Å²) in [5.74, 6) is -0.379. The first-order valence-corrected chi connectivity index (χ1v) is 5.57. The Balaban J connectivity index is 1.98. The van der Waals surface area contributed by atoms with Crippen molar-refractivity contribution in [1.82, 2.24) is 0 Å². The second-order valence-corrected chi connectivity index (χ2v) is 4.38. The maximum absolute atomic E-state index is 8.60. The lowest BCUT2D eigenvalue weighted by atomic mass is 10.1. The molecule has 0 bridgehead atoms. The zero-order chi connectivity index (χ0) is 10.4. The minimum atomic E-state index is -0.379. The van der Waals surface area contributed by atoms with E-state index < -0.39 is 0 Å². The summed E-state index contributed by atoms with van der Waals surface area (Å²) in [6, 6.07) is 0. The summed E-state index contributed by atoms with van der Waals surface area (Å²) in [4.78, 5) is 0. The van der Waals surface area contributed by atoms with Gasteiger partial charge in [0.05, 0.1) is 12.7 Å². The van der Waals surface area contributed by atoms with Crippen LogP contribution in [-0.2, 0) is 9.47 Å². The molecule has 1 fully saturated rings. The summed E-state index contributed by atoms with van der Waals surface area (Å²) in [6.45, 7) is 4.96. The van der Waals surface area contributed by atoms with E-state index in [2.05, 4.69) is 0 Å². The Labute approximate surface area is 86.4 Å². The van der Waals surface area contributed by atoms with Gasteiger partial charge in [0.25, 0.3) is 0 Å². The van der Waals surface area contributed by atoms with Crippen LogP contribution >= 0.6 is 0 Å². The Hall–Kier alpha value is -0.120. The Morgan fingerprint density at radius 3 is 2.50 bits per heavy atom. The summed E-state index contributed by atoms with van der Waals surface area (Å²) >= 11 is 0. The summed E-state index contributed by atoms with van der Waals surface area (Å²) in [5, 5.41) is 8.60. The van der Waals surface area contributed by atoms with Crippen molar-refractivity contribution in [3.8, 4) is 0 Å². The predicted octanol–water partition coefficient (Wildman–Crippen LogP) is 2.08. The average molecular weight is 202 g/mol. The maximum atomic E-state index is 8.60. The van der Waals surface area contributed by atoms with Crippen LogP contribution in [0.15, 0.2) is 0 Å². The first-order valence-electron chi connectivity index (χ1n) is 5.57. The first kappa shape index (κ1) is 12.0. The topological polar surface area (TPSA) is 38.7 Å². The highest BCUT2D eigenvalue weighted by Gasteiger charge is 2.31. The molecule has 0 aromatic carbocycles. The van der Waals surface area contributed by atoms with Gasteiger partial charge in [0.1, 0.15) is 0 Å². The van der Waals surface area contributed by atoms with E-state index >= 15 is 0 Å². The molecule has 3 heteroatoms. The monoisotopic (exact) mass is 202 g/mol. The lowest BCUT2D eigenvalue weighted by Gasteiger charge is -2.16. The summed E-state index contributed by atoms with van der Waals surface area (Å²) < 4.78 is 11.2. The molecular formula is C11H22O3. The molecule has 3 nitrogen and oxygen atoms in total. The Bertz CT molecular complexity index is 157. The number of hydrogen-bond acceptors (Lipinski definition) is 3. The second kappa shape index (κ2) is 5.69. The Morgan fingerprint density at radius 1 is 1.21 bits per heavy atom. The van der Waals surface area contributed by atoms with E-state index in [9.17, 15) is 0 Å². The third-order valence-corrected chi connectivity index (χ3v) is 2.50. The molecule has 1 aliphatic rings. The molecular weight excluding hydrogens is 180 g/mol. The van der Waals surface area contributed by atoms with Crippen LogP contribution < -0.4 is 0 Å². The minimum Gasteiger partial charge on any atom is -0.396 e. The number of hydrogen-bond donors (Lipinski definition) is 1. The SMILES string of the molecule is CC1(C)OC[C@@H](CCCCCCO)O1. The van der Waals surface area contributed by atoms with E-state index in [1.54, 1.807) is 0 Å². The molecule has 1 saturated heterocycles. The molecule has 0 aliphatic carbocycles. The lowest BCUT2D eigenvalue weighted by molar-refractivity contribution is -0.139. The van der Waals surface area contributed by atoms with Gasteiger partial charge in [-0.05, 0) is 26.7 Å². The van der Waals surface area contributed by atoms with Gasteiger partial charge in [0, 0.05) is 6.61 Å². The van der Waals surface area contributed by atoms with Crippen LogP contribution in [0.25, 0.3) is 0 Å². The standard InChI is InChI=1S/C11H22O3/c1-11(2)13-9-10(14-11)7-5-3-4-6-8-12/h10,12H,3-9H2,1-2H3/t10-/m1/s1. The lowest BCUT2D eigenvalue weighted by Crippen LogP contribution is -2.21. The average Bonchev–Trinajstić information content (AvgIpc) is 2.45. The van der Waals surface area contributed by atoms with Crippen molar-refractivity contribution in [2.45, 2.75) is 57.8 Å². The third-order valence-electron chi connectivity index (χ3n) is 2.50. The van der Waals surface area contributed by atoms with Crippen LogP contribution in [0, 0.1) is 0 Å². The number of aliphatic hydroxyl groups excluding tert-OH is 1. The molecule has 84 valence electrons. The van der Waals surface area contributed by atoms with Crippen LogP contribution in [0.2, 0.25) is 0 Å². The van der Waals surface area contributed by atoms with Gasteiger partial charge < -0.3 is 14.6 Å². The number of ether oxygens (including phenoxy) is 2. The summed E-state index contributed by atoms with van der Waals surface area (Å²) in [6.07, 6.45) is 5.75. The van der Waals surface area contributed by atoms with Crippen molar-refractivity contribution in [2.24, 2.45) is 0 Å². The van der Waals surface area contributed by atoms with Gasteiger partial charge in [-0.2, -0.15) is 0 Å². The van der Waals surface area contributed by atoms with Crippen LogP contribution in [0.3, 0.4) is 0 Å². The summed E-state index contributed by atoms with van der Waals surface area (Å²) in [7, 11) is 0. The molecule has 1 aliphatic heterocycles. The largest absolute Gasteiger partial charge is 0.396 e. The van der Waals surface area contributed by atoms with Crippen LogP contribution in [-0.4, -0.2) is 30.2 Å². The molecule has 1 atom stereocenters. The van der Waals surface area contributed by atoms with E-state index in [1.165, 1.54) is 12.8 Å². The van der Waals surface area contributed by atoms with Crippen molar-refractivity contribution >= 4 is 0 Å². The van der Waals surface area contributed by atoms with Crippen LogP contribution in [0.5, 0.6) is 0 Å². The molecule has 1 rings (SSSR count). The molecule has 0 unspecified atom stereocenters. The molecule has 0 aromatic heterocycles. The second-order valence-electron chi connectivity index (χ2n) is 4.38. The van der Waals surface area contributed by atoms with Gasteiger partial charge >= 0.3 is 0 Å². The number of aliphatic hydroxyl groups is 1. The van der Waals surface area contributed by atoms with E-state index in [0.29, 0.717) is 6.61 Å². The molecule has 0 amide bonds. The highest BCUT2D eigenvalue weighted by Crippen LogP contribution is 2.25. The van der Waals surface area contributed by atoms with Crippen molar-refractivity contribution < 1.29 is 14.6 Å². The quantitative estimate of drug-likeness (QED) is 0.670. The van der Waals surface area contributed by atoms with Gasteiger partial charge in [-0.1, -0.05) is 19.3 Å². The van der Waals surface area contributed by atoms with E-state index in [-0.39, 0.29) is 11.9 Å². The highest BCUT2D eigenvalue weighted by molar-refractivity contribution is 4.70. The zero-order valence-electron chi connectivity index (χ0n) is 9.29. The number of rotatable bonds is 6. The highest BCUT2D eigenvalue weighted by atomic mass is 16.7. The molecule has 0 spiro atoms. The predicted molar refractivity (Wildman–Crippen MR) is 55.1 cm³/mol. The van der Waals surface area contributed by atoms with Crippen molar-refractivity contribution in [3.63, 3.8) is 0 Å². The first-order chi connectivity index (χ1) is 6.64. The van der Waals surface area contributed by atoms with E-state index in [4.69, 9.17) is 14.6 Å². The number of unbranched alkanes of at least 4 members (excludes halogenated alkanes) is 3. The maximum Gasteiger partial charge on any atom is 0.163 e. The summed E-state index contributed by atoms with van der Waals surface area (Å²) in [5.41, 5.74) is 0. The smallest absolute Gasteiger partial charge is 0.163 e. The van der Waals surface area contributed by atoms with E-state index in [0.717, 1.165) is 25.9 Å².